The van der Waals surface area contributed by atoms with Crippen molar-refractivity contribution >= 4 is 56.2 Å². The van der Waals surface area contributed by atoms with Gasteiger partial charge in [-0.2, -0.15) is 0 Å². The van der Waals surface area contributed by atoms with Gasteiger partial charge in [0.05, 0.1) is 38.5 Å². The summed E-state index contributed by atoms with van der Waals surface area (Å²) in [5.74, 6) is -3.46. The predicted molar refractivity (Wildman–Crippen MR) is 191 cm³/mol. The lowest BCUT2D eigenvalue weighted by Crippen LogP contribution is -2.62. The average Bonchev–Trinajstić information content (AvgIpc) is 3.17. The number of hydrazine groups is 3. The fourth-order valence-corrected chi connectivity index (χ4v) is 4.81. The van der Waals surface area contributed by atoms with Crippen LogP contribution >= 0.6 is 9.39 Å². The summed E-state index contributed by atoms with van der Waals surface area (Å²) in [5.41, 5.74) is 17.1. The number of nitrogens with one attached hydrogen (secondary N) is 9. The number of aliphatic hydroxyl groups excluding tert-OH is 4. The molecule has 0 aliphatic heterocycles. The van der Waals surface area contributed by atoms with Gasteiger partial charge in [0.2, 0.25) is 40.9 Å². The van der Waals surface area contributed by atoms with Gasteiger partial charge in [-0.1, -0.05) is 39.7 Å². The highest BCUT2D eigenvalue weighted by Gasteiger charge is 2.36. The summed E-state index contributed by atoms with van der Waals surface area (Å²) in [5, 5.41) is 48.6. The summed E-state index contributed by atoms with van der Waals surface area (Å²) in [6, 6.07) is -2.40. The van der Waals surface area contributed by atoms with Crippen molar-refractivity contribution in [2.24, 2.45) is 11.6 Å². The van der Waals surface area contributed by atoms with Crippen LogP contribution in [0.15, 0.2) is 30.3 Å². The Hall–Kier alpha value is -4.23. The predicted octanol–water partition coefficient (Wildman–Crippen LogP) is -8.67. The first-order chi connectivity index (χ1) is 25.7. The molecule has 2 unspecified atom stereocenters. The number of carbonyl (C=O) groups excluding carboxylic acids is 8. The largest absolute Gasteiger partial charge is 0.394 e. The molecule has 0 saturated carbocycles. The lowest BCUT2D eigenvalue weighted by Gasteiger charge is -2.26. The average molecular weight is 788 g/mol. The highest BCUT2D eigenvalue weighted by atomic mass is 31.0. The molecule has 54 heavy (non-hydrogen) atoms. The van der Waals surface area contributed by atoms with Crippen molar-refractivity contribution in [1.29, 1.82) is 0 Å². The van der Waals surface area contributed by atoms with E-state index in [9.17, 15) is 58.8 Å². The summed E-state index contributed by atoms with van der Waals surface area (Å²) >= 11 is 0. The van der Waals surface area contributed by atoms with Crippen LogP contribution in [0, 0.1) is 0 Å². The molecule has 24 heteroatoms. The number of ketones is 4. The van der Waals surface area contributed by atoms with E-state index in [1.54, 1.807) is 30.3 Å². The van der Waals surface area contributed by atoms with Crippen molar-refractivity contribution in [2.45, 2.75) is 61.6 Å². The fraction of sp³-hybridized carbons (Fsp3) is 0.533. The Morgan fingerprint density at radius 1 is 0.630 bits per heavy atom. The quantitative estimate of drug-likeness (QED) is 0.0118. The molecule has 0 radical (unpaired) electrons. The van der Waals surface area contributed by atoms with Gasteiger partial charge in [-0.25, -0.2) is 27.5 Å². The van der Waals surface area contributed by atoms with E-state index in [4.69, 9.17) is 11.6 Å². The maximum atomic E-state index is 13.7. The number of Topliss-reactive ketones (excluding diaryl/α,β-unsaturated/α-hetero) is 4. The van der Waals surface area contributed by atoms with Crippen LogP contribution in [0.1, 0.15) is 18.4 Å². The standard InChI is InChI=1S/C30H50N11O12P/c1-33-10-18(30(53)36-32)38-40-20(12-43)27(50)26(49)19(11-42)39-37-16(7-8-23(31)46)24(47)25(48)17(9-15-5-3-2-4-6-15)34-28(51)21(13-44)35-29(52)22(14-45)41-54/h2-6,16-22,33,37-45H,7-14,32,54H2,1H3,(H2,31,46)(H,34,51)(H,35,52)(H,36,53)/t16-,17-,18?,19-,20-,21-,22-/m0/s1. The number of hydrogen-bond donors (Lipinski definition) is 15. The molecule has 17 N–H and O–H groups in total. The highest BCUT2D eigenvalue weighted by Crippen LogP contribution is 2.09. The minimum Gasteiger partial charge on any atom is -0.394 e. The van der Waals surface area contributed by atoms with Crippen molar-refractivity contribution in [3.63, 3.8) is 0 Å². The van der Waals surface area contributed by atoms with Crippen molar-refractivity contribution < 1.29 is 58.8 Å². The summed E-state index contributed by atoms with van der Waals surface area (Å²) in [6.45, 7) is -3.57. The Labute approximate surface area is 312 Å². The van der Waals surface area contributed by atoms with Gasteiger partial charge < -0.3 is 42.1 Å². The normalized spacial score (nSPS) is 15.0. The monoisotopic (exact) mass is 787 g/mol. The third-order valence-electron chi connectivity index (χ3n) is 7.64. The van der Waals surface area contributed by atoms with E-state index in [2.05, 4.69) is 42.7 Å². The van der Waals surface area contributed by atoms with Gasteiger partial charge in [0.15, 0.2) is 0 Å². The van der Waals surface area contributed by atoms with Gasteiger partial charge in [0.25, 0.3) is 5.91 Å². The molecular formula is C30H50N11O12P. The van der Waals surface area contributed by atoms with E-state index in [0.29, 0.717) is 5.56 Å². The molecule has 0 heterocycles. The highest BCUT2D eigenvalue weighted by molar-refractivity contribution is 7.13. The molecule has 1 aromatic rings. The number of nitrogens with two attached hydrogens (primary N) is 2. The number of primary amides is 1. The van der Waals surface area contributed by atoms with Crippen LogP contribution in [0.3, 0.4) is 0 Å². The second-order valence-electron chi connectivity index (χ2n) is 11.6. The van der Waals surface area contributed by atoms with E-state index in [1.165, 1.54) is 7.05 Å². The summed E-state index contributed by atoms with van der Waals surface area (Å²) in [7, 11) is 3.53. The van der Waals surface area contributed by atoms with E-state index in [0.717, 1.165) is 0 Å². The number of likely N-dealkylation sites (N-methyl/N-ethyl adjacent to an activating group) is 1. The lowest BCUT2D eigenvalue weighted by atomic mass is 9.94. The molecule has 0 fully saturated rings. The zero-order valence-corrected chi connectivity index (χ0v) is 30.5. The molecule has 1 rings (SSSR count). The van der Waals surface area contributed by atoms with Gasteiger partial charge in [0.1, 0.15) is 30.2 Å². The van der Waals surface area contributed by atoms with E-state index < -0.39 is 128 Å². The van der Waals surface area contributed by atoms with Crippen molar-refractivity contribution in [2.75, 3.05) is 40.0 Å². The lowest BCUT2D eigenvalue weighted by molar-refractivity contribution is -0.142. The number of rotatable bonds is 29. The third-order valence-corrected chi connectivity index (χ3v) is 8.04. The molecule has 0 saturated heterocycles. The number of amides is 4. The Morgan fingerprint density at radius 3 is 1.54 bits per heavy atom. The molecule has 0 bridgehead atoms. The van der Waals surface area contributed by atoms with E-state index in [1.807, 2.05) is 14.8 Å². The Kier molecular flexibility index (Phi) is 22.8. The van der Waals surface area contributed by atoms with Gasteiger partial charge in [-0.15, -0.1) is 0 Å². The second kappa shape index (κ2) is 25.7. The number of carbonyl (C=O) groups is 8. The van der Waals surface area contributed by atoms with Gasteiger partial charge in [-0.05, 0) is 19.0 Å². The van der Waals surface area contributed by atoms with Crippen LogP contribution in [0.4, 0.5) is 0 Å². The third kappa shape index (κ3) is 15.6. The molecule has 23 nitrogen and oxygen atoms in total. The first-order valence-electron chi connectivity index (χ1n) is 16.4. The van der Waals surface area contributed by atoms with Crippen LogP contribution in [-0.4, -0.2) is 150 Å². The second-order valence-corrected chi connectivity index (χ2v) is 11.9. The molecule has 0 aliphatic rings. The van der Waals surface area contributed by atoms with E-state index >= 15 is 0 Å². The maximum Gasteiger partial charge on any atom is 0.253 e. The number of hydrogen-bond acceptors (Lipinski definition) is 19. The SMILES string of the molecule is CNCC(NN[C@@H](CO)C(=O)C(=O)[C@H](CO)NN[C@@H](CCC(N)=O)C(=O)C(=O)[C@H](Cc1ccccc1)NC(=O)[C@H](CO)NC(=O)[C@H](CO)NP)C(=O)NN. The molecule has 4 amide bonds. The molecule has 0 aromatic heterocycles. The molecule has 8 atom stereocenters. The number of benzene rings is 1. The molecule has 0 spiro atoms. The molecule has 0 aliphatic carbocycles. The summed E-state index contributed by atoms with van der Waals surface area (Å²) in [4.78, 5) is 103. The van der Waals surface area contributed by atoms with Gasteiger partial charge in [0, 0.05) is 19.4 Å². The van der Waals surface area contributed by atoms with Crippen molar-refractivity contribution in [1.82, 2.24) is 48.2 Å². The van der Waals surface area contributed by atoms with Crippen LogP contribution in [-0.2, 0) is 44.8 Å². The Bertz CT molecular complexity index is 1420. The number of aliphatic hydroxyl groups is 4. The molecule has 302 valence electrons. The van der Waals surface area contributed by atoms with Crippen LogP contribution < -0.4 is 59.7 Å². The minimum absolute atomic E-state index is 0.00991. The van der Waals surface area contributed by atoms with Crippen molar-refractivity contribution in [3.8, 4) is 0 Å². The Balaban J connectivity index is 3.27. The minimum atomic E-state index is -1.78. The van der Waals surface area contributed by atoms with Crippen LogP contribution in [0.2, 0.25) is 0 Å². The zero-order valence-electron chi connectivity index (χ0n) is 29.4. The van der Waals surface area contributed by atoms with Crippen LogP contribution in [0.25, 0.3) is 0 Å². The summed E-state index contributed by atoms with van der Waals surface area (Å²) in [6.07, 6.45) is -1.17. The first-order valence-corrected chi connectivity index (χ1v) is 17.0. The van der Waals surface area contributed by atoms with E-state index in [-0.39, 0.29) is 13.0 Å². The topological polar surface area (TPSA) is 378 Å². The first kappa shape index (κ1) is 47.8. The Morgan fingerprint density at radius 2 is 1.07 bits per heavy atom. The molecular weight excluding hydrogens is 737 g/mol. The van der Waals surface area contributed by atoms with Crippen molar-refractivity contribution in [3.05, 3.63) is 35.9 Å². The fourth-order valence-electron chi connectivity index (χ4n) is 4.56. The van der Waals surface area contributed by atoms with Gasteiger partial charge in [-0.3, -0.25) is 48.9 Å². The zero-order chi connectivity index (χ0) is 40.8. The van der Waals surface area contributed by atoms with Crippen LogP contribution in [0.5, 0.6) is 0 Å². The van der Waals surface area contributed by atoms with Gasteiger partial charge >= 0.3 is 0 Å². The summed E-state index contributed by atoms with van der Waals surface area (Å²) < 4.78 is 0. The smallest absolute Gasteiger partial charge is 0.253 e. The molecule has 1 aromatic carbocycles. The maximum absolute atomic E-state index is 13.7.